The molecule has 0 N–H and O–H groups in total. The molecular formula is C3H2IrNO. The molecule has 0 saturated heterocycles. The van der Waals surface area contributed by atoms with Gasteiger partial charge in [0.05, 0.1) is 0 Å². The zero-order chi connectivity index (χ0) is 4.41. The Labute approximate surface area is 45.7 Å². The van der Waals surface area contributed by atoms with Crippen molar-refractivity contribution >= 4 is 4.40 Å². The summed E-state index contributed by atoms with van der Waals surface area (Å²) in [5.41, 5.74) is 0. The minimum atomic E-state index is 0.718. The van der Waals surface area contributed by atoms with Gasteiger partial charge in [-0.1, -0.05) is 0 Å². The molecule has 0 aromatic carbocycles. The first-order chi connectivity index (χ1) is 2.89. The Morgan fingerprint density at radius 1 is 1.83 bits per heavy atom. The van der Waals surface area contributed by atoms with E-state index in [0.29, 0.717) is 0 Å². The Morgan fingerprint density at radius 3 is 2.83 bits per heavy atom. The van der Waals surface area contributed by atoms with E-state index in [1.807, 2.05) is 0 Å². The van der Waals surface area contributed by atoms with Gasteiger partial charge in [0.25, 0.3) is 0 Å². The van der Waals surface area contributed by atoms with Gasteiger partial charge >= 0.3 is 45.2 Å². The Balaban J connectivity index is 3.05. The second kappa shape index (κ2) is 1.54. The van der Waals surface area contributed by atoms with Crippen LogP contribution in [0.1, 0.15) is 0 Å². The molecule has 0 aliphatic heterocycles. The Bertz CT molecular complexity index is 114. The number of aromatic nitrogens is 1. The van der Waals surface area contributed by atoms with Crippen molar-refractivity contribution in [3.63, 3.8) is 0 Å². The minimum absolute atomic E-state index is 0.718. The first-order valence-electron chi connectivity index (χ1n) is 1.42. The summed E-state index contributed by atoms with van der Waals surface area (Å²) in [7, 11) is 0. The summed E-state index contributed by atoms with van der Waals surface area (Å²) in [5, 5.41) is 0. The van der Waals surface area contributed by atoms with E-state index in [1.165, 1.54) is 0 Å². The molecule has 0 aliphatic rings. The van der Waals surface area contributed by atoms with Crippen LogP contribution >= 0.6 is 0 Å². The Kier molecular flexibility index (Phi) is 1.03. The van der Waals surface area contributed by atoms with Crippen molar-refractivity contribution in [2.45, 2.75) is 0 Å². The van der Waals surface area contributed by atoms with Gasteiger partial charge in [0.1, 0.15) is 0 Å². The Hall–Kier alpha value is -0.141. The van der Waals surface area contributed by atoms with E-state index in [9.17, 15) is 0 Å². The molecule has 0 atom stereocenters. The average Bonchev–Trinajstić information content (AvgIpc) is 1.86. The predicted octanol–water partition coefficient (Wildman–Crippen LogP) is -0.153. The molecule has 2 nitrogen and oxygen atoms in total. The summed E-state index contributed by atoms with van der Waals surface area (Å²) in [4.78, 5) is 3.75. The number of oxazole rings is 1. The number of hydrogen-bond donors (Lipinski definition) is 0. The number of nitrogens with zero attached hydrogens (tertiary/aromatic N) is 1. The SMILES string of the molecule is [Ir][c]1ncco1. The van der Waals surface area contributed by atoms with Crippen molar-refractivity contribution in [3.05, 3.63) is 12.5 Å². The molecule has 0 saturated carbocycles. The van der Waals surface area contributed by atoms with Gasteiger partial charge in [-0.2, -0.15) is 0 Å². The van der Waals surface area contributed by atoms with Crippen molar-refractivity contribution in [1.82, 2.24) is 4.98 Å². The van der Waals surface area contributed by atoms with Gasteiger partial charge in [-0.25, -0.2) is 0 Å². The molecule has 1 heterocycles. The van der Waals surface area contributed by atoms with Gasteiger partial charge in [0.15, 0.2) is 0 Å². The van der Waals surface area contributed by atoms with Crippen molar-refractivity contribution in [3.8, 4) is 0 Å². The van der Waals surface area contributed by atoms with Crippen LogP contribution in [0.15, 0.2) is 16.9 Å². The van der Waals surface area contributed by atoms with Crippen molar-refractivity contribution in [1.29, 1.82) is 0 Å². The first kappa shape index (κ1) is 4.03. The van der Waals surface area contributed by atoms with Crippen LogP contribution in [0.25, 0.3) is 0 Å². The molecule has 3 heteroatoms. The third-order valence-electron chi connectivity index (χ3n) is 0.391. The zero-order valence-corrected chi connectivity index (χ0v) is 5.24. The quantitative estimate of drug-likeness (QED) is 0.648. The average molecular weight is 260 g/mol. The normalized spacial score (nSPS) is 9.00. The third-order valence-corrected chi connectivity index (χ3v) is 0.983. The van der Waals surface area contributed by atoms with E-state index in [0.717, 1.165) is 4.40 Å². The molecule has 6 heavy (non-hydrogen) atoms. The number of rotatable bonds is 0. The van der Waals surface area contributed by atoms with Crippen molar-refractivity contribution < 1.29 is 23.3 Å². The van der Waals surface area contributed by atoms with Crippen LogP contribution in [-0.4, -0.2) is 4.98 Å². The maximum absolute atomic E-state index is 4.72. The van der Waals surface area contributed by atoms with Crippen LogP contribution in [0.2, 0.25) is 0 Å². The fourth-order valence-corrected chi connectivity index (χ4v) is 0.541. The van der Waals surface area contributed by atoms with Gasteiger partial charge < -0.3 is 0 Å². The van der Waals surface area contributed by atoms with Crippen LogP contribution in [0.3, 0.4) is 0 Å². The van der Waals surface area contributed by atoms with Crippen molar-refractivity contribution in [2.75, 3.05) is 0 Å². The summed E-state index contributed by atoms with van der Waals surface area (Å²) in [6.07, 6.45) is 3.17. The van der Waals surface area contributed by atoms with Gasteiger partial charge in [0, 0.05) is 0 Å². The summed E-state index contributed by atoms with van der Waals surface area (Å²) < 4.78 is 5.44. The maximum atomic E-state index is 4.72. The molecule has 0 bridgehead atoms. The molecule has 1 aromatic rings. The molecule has 0 aliphatic carbocycles. The summed E-state index contributed by atoms with van der Waals surface area (Å²) in [6, 6.07) is 0. The number of hydrogen-bond acceptors (Lipinski definition) is 2. The molecule has 0 spiro atoms. The second-order valence-corrected chi connectivity index (χ2v) is 1.79. The third kappa shape index (κ3) is 0.671. The van der Waals surface area contributed by atoms with E-state index < -0.39 is 0 Å². The standard InChI is InChI=1S/C3H2NO.Ir/c1-2-5-3-4-1;/h1-2H;. The van der Waals surface area contributed by atoms with Gasteiger partial charge in [0.2, 0.25) is 0 Å². The molecule has 0 fully saturated rings. The zero-order valence-electron chi connectivity index (χ0n) is 2.84. The van der Waals surface area contributed by atoms with Crippen LogP contribution in [0.5, 0.6) is 0 Å². The molecule has 0 unspecified atom stereocenters. The topological polar surface area (TPSA) is 26.0 Å². The van der Waals surface area contributed by atoms with Crippen LogP contribution < -0.4 is 4.40 Å². The fourth-order valence-electron chi connectivity index (χ4n) is 0.200. The van der Waals surface area contributed by atoms with Crippen LogP contribution in [0, 0.1) is 0 Å². The van der Waals surface area contributed by atoms with E-state index in [-0.39, 0.29) is 0 Å². The summed E-state index contributed by atoms with van der Waals surface area (Å²) in [6.45, 7) is 0. The summed E-state index contributed by atoms with van der Waals surface area (Å²) >= 11 is 1.81. The van der Waals surface area contributed by atoms with E-state index in [2.05, 4.69) is 4.98 Å². The monoisotopic (exact) mass is 261 g/mol. The molecule has 0 radical (unpaired) electrons. The van der Waals surface area contributed by atoms with Crippen molar-refractivity contribution in [2.24, 2.45) is 0 Å². The van der Waals surface area contributed by atoms with E-state index in [1.54, 1.807) is 31.4 Å². The molecule has 0 amide bonds. The molecule has 34 valence electrons. The fraction of sp³-hybridized carbons (Fsp3) is 0. The van der Waals surface area contributed by atoms with Crippen LogP contribution in [0.4, 0.5) is 0 Å². The van der Waals surface area contributed by atoms with Crippen LogP contribution in [-0.2, 0) is 18.9 Å². The van der Waals surface area contributed by atoms with Gasteiger partial charge in [-0.15, -0.1) is 0 Å². The summed E-state index contributed by atoms with van der Waals surface area (Å²) in [5.74, 6) is 0. The Morgan fingerprint density at radius 2 is 2.67 bits per heavy atom. The molecular weight excluding hydrogens is 258 g/mol. The molecule has 1 rings (SSSR count). The van der Waals surface area contributed by atoms with Gasteiger partial charge in [-0.3, -0.25) is 0 Å². The van der Waals surface area contributed by atoms with Gasteiger partial charge in [-0.05, 0) is 0 Å². The predicted molar refractivity (Wildman–Crippen MR) is 16.1 cm³/mol. The second-order valence-electron chi connectivity index (χ2n) is 0.766. The molecule has 1 aromatic heterocycles. The first-order valence-corrected chi connectivity index (χ1v) is 2.62. The van der Waals surface area contributed by atoms with E-state index in [4.69, 9.17) is 4.42 Å². The van der Waals surface area contributed by atoms with E-state index >= 15 is 0 Å².